The summed E-state index contributed by atoms with van der Waals surface area (Å²) >= 11 is 1.26. The summed E-state index contributed by atoms with van der Waals surface area (Å²) in [5.74, 6) is 0.349. The van der Waals surface area contributed by atoms with Gasteiger partial charge in [-0.25, -0.2) is 4.98 Å². The second kappa shape index (κ2) is 10.9. The van der Waals surface area contributed by atoms with E-state index in [1.54, 1.807) is 7.11 Å². The number of piperidine rings is 1. The van der Waals surface area contributed by atoms with Gasteiger partial charge in [0.2, 0.25) is 11.8 Å². The topological polar surface area (TPSA) is 118 Å². The van der Waals surface area contributed by atoms with Crippen molar-refractivity contribution in [3.8, 4) is 5.75 Å². The van der Waals surface area contributed by atoms with Gasteiger partial charge >= 0.3 is 0 Å². The Morgan fingerprint density at radius 2 is 2.14 bits per heavy atom. The van der Waals surface area contributed by atoms with Crippen LogP contribution in [0.5, 0.6) is 5.75 Å². The lowest BCUT2D eigenvalue weighted by Crippen LogP contribution is -2.44. The van der Waals surface area contributed by atoms with Gasteiger partial charge in [0, 0.05) is 25.7 Å². The standard InChI is InChI=1S/C24H30N6O4S/c1-15(2)27-22(32)17-7-5-9-29(12-17)24-28-21-20(35-24)23(33)30(14-26-21)13-19(31)25-11-16-6-4-8-18(10-16)34-3/h4,6,8,10,14-15,17H,5,7,9,11-13H2,1-3H3,(H,25,31)(H,27,32)/t17-/m0/s1. The quantitative estimate of drug-likeness (QED) is 0.487. The Hall–Kier alpha value is -3.47. The Morgan fingerprint density at radius 1 is 1.31 bits per heavy atom. The van der Waals surface area contributed by atoms with Crippen LogP contribution in [0, 0.1) is 5.92 Å². The second-order valence-electron chi connectivity index (χ2n) is 8.90. The number of rotatable bonds is 8. The molecular weight excluding hydrogens is 468 g/mol. The summed E-state index contributed by atoms with van der Waals surface area (Å²) < 4.78 is 6.89. The minimum Gasteiger partial charge on any atom is -0.497 e. The fourth-order valence-corrected chi connectivity index (χ4v) is 5.05. The maximum absolute atomic E-state index is 13.0. The zero-order valence-electron chi connectivity index (χ0n) is 20.1. The van der Waals surface area contributed by atoms with Crippen molar-refractivity contribution in [2.24, 2.45) is 5.92 Å². The van der Waals surface area contributed by atoms with Crippen molar-refractivity contribution in [2.75, 3.05) is 25.1 Å². The molecule has 3 aromatic rings. The predicted octanol–water partition coefficient (Wildman–Crippen LogP) is 1.92. The van der Waals surface area contributed by atoms with Gasteiger partial charge in [0.05, 0.1) is 13.0 Å². The van der Waals surface area contributed by atoms with Crippen molar-refractivity contribution in [2.45, 2.75) is 45.8 Å². The summed E-state index contributed by atoms with van der Waals surface area (Å²) in [5, 5.41) is 6.47. The van der Waals surface area contributed by atoms with Crippen LogP contribution in [0.25, 0.3) is 10.3 Å². The average Bonchev–Trinajstić information content (AvgIpc) is 3.30. The van der Waals surface area contributed by atoms with Crippen molar-refractivity contribution in [3.63, 3.8) is 0 Å². The van der Waals surface area contributed by atoms with E-state index in [4.69, 9.17) is 4.74 Å². The first kappa shape index (κ1) is 24.6. The van der Waals surface area contributed by atoms with E-state index in [0.717, 1.165) is 24.9 Å². The lowest BCUT2D eigenvalue weighted by molar-refractivity contribution is -0.125. The highest BCUT2D eigenvalue weighted by molar-refractivity contribution is 7.22. The SMILES string of the molecule is COc1cccc(CNC(=O)Cn2cnc3nc(N4CCC[C@H](C(=O)NC(C)C)C4)sc3c2=O)c1. The molecule has 0 bridgehead atoms. The van der Waals surface area contributed by atoms with Gasteiger partial charge in [-0.1, -0.05) is 23.5 Å². The summed E-state index contributed by atoms with van der Waals surface area (Å²) in [4.78, 5) is 48.9. The van der Waals surface area contributed by atoms with E-state index in [0.29, 0.717) is 34.3 Å². The monoisotopic (exact) mass is 498 g/mol. The molecule has 1 saturated heterocycles. The third kappa shape index (κ3) is 5.97. The van der Waals surface area contributed by atoms with Gasteiger partial charge in [-0.15, -0.1) is 0 Å². The van der Waals surface area contributed by atoms with Crippen LogP contribution in [-0.2, 0) is 22.7 Å². The summed E-state index contributed by atoms with van der Waals surface area (Å²) in [6, 6.07) is 7.51. The number of aromatic nitrogens is 3. The Morgan fingerprint density at radius 3 is 2.91 bits per heavy atom. The number of fused-ring (bicyclic) bond motifs is 1. The molecule has 186 valence electrons. The van der Waals surface area contributed by atoms with E-state index >= 15 is 0 Å². The Labute approximate surface area is 207 Å². The maximum Gasteiger partial charge on any atom is 0.273 e. The molecule has 2 amide bonds. The van der Waals surface area contributed by atoms with Crippen LogP contribution in [0.1, 0.15) is 32.3 Å². The summed E-state index contributed by atoms with van der Waals surface area (Å²) in [7, 11) is 1.59. The molecule has 0 saturated carbocycles. The number of benzene rings is 1. The normalized spacial score (nSPS) is 15.9. The Kier molecular flexibility index (Phi) is 7.64. The Bertz CT molecular complexity index is 1270. The highest BCUT2D eigenvalue weighted by atomic mass is 32.1. The fraction of sp³-hybridized carbons (Fsp3) is 0.458. The fourth-order valence-electron chi connectivity index (χ4n) is 4.04. The van der Waals surface area contributed by atoms with Crippen LogP contribution in [0.2, 0.25) is 0 Å². The lowest BCUT2D eigenvalue weighted by atomic mass is 9.97. The molecule has 1 fully saturated rings. The summed E-state index contributed by atoms with van der Waals surface area (Å²) in [6.45, 7) is 5.40. The van der Waals surface area contributed by atoms with Crippen molar-refractivity contribution < 1.29 is 14.3 Å². The number of nitrogens with one attached hydrogen (secondary N) is 2. The number of carbonyl (C=O) groups is 2. The molecule has 2 aromatic heterocycles. The number of amides is 2. The third-order valence-electron chi connectivity index (χ3n) is 5.80. The van der Waals surface area contributed by atoms with Gasteiger partial charge in [0.15, 0.2) is 10.8 Å². The number of nitrogens with zero attached hydrogens (tertiary/aromatic N) is 4. The first-order chi connectivity index (χ1) is 16.8. The number of thiazole rings is 1. The lowest BCUT2D eigenvalue weighted by Gasteiger charge is -2.32. The molecule has 0 radical (unpaired) electrons. The molecule has 4 rings (SSSR count). The third-order valence-corrected chi connectivity index (χ3v) is 6.90. The molecule has 1 atom stereocenters. The molecule has 35 heavy (non-hydrogen) atoms. The summed E-state index contributed by atoms with van der Waals surface area (Å²) in [5.41, 5.74) is 0.950. The van der Waals surface area contributed by atoms with Crippen molar-refractivity contribution in [1.29, 1.82) is 0 Å². The number of methoxy groups -OCH3 is 1. The van der Waals surface area contributed by atoms with E-state index in [1.165, 1.54) is 22.2 Å². The van der Waals surface area contributed by atoms with Crippen LogP contribution in [0.3, 0.4) is 0 Å². The molecule has 0 unspecified atom stereocenters. The molecule has 1 aliphatic rings. The first-order valence-corrected chi connectivity index (χ1v) is 12.5. The molecule has 1 aromatic carbocycles. The maximum atomic E-state index is 13.0. The van der Waals surface area contributed by atoms with Gasteiger partial charge in [0.1, 0.15) is 23.3 Å². The number of carbonyl (C=O) groups excluding carboxylic acids is 2. The van der Waals surface area contributed by atoms with Crippen LogP contribution in [0.15, 0.2) is 35.4 Å². The molecule has 2 N–H and O–H groups in total. The van der Waals surface area contributed by atoms with Gasteiger partial charge in [-0.05, 0) is 44.4 Å². The van der Waals surface area contributed by atoms with E-state index in [-0.39, 0.29) is 35.9 Å². The number of hydrogen-bond donors (Lipinski definition) is 2. The van der Waals surface area contributed by atoms with E-state index in [2.05, 4.69) is 20.6 Å². The minimum absolute atomic E-state index is 0.0475. The van der Waals surface area contributed by atoms with Crippen LogP contribution >= 0.6 is 11.3 Å². The van der Waals surface area contributed by atoms with E-state index < -0.39 is 0 Å². The number of ether oxygens (including phenoxy) is 1. The van der Waals surface area contributed by atoms with Crippen LogP contribution in [0.4, 0.5) is 5.13 Å². The smallest absolute Gasteiger partial charge is 0.273 e. The van der Waals surface area contributed by atoms with Crippen molar-refractivity contribution in [1.82, 2.24) is 25.2 Å². The van der Waals surface area contributed by atoms with Gasteiger partial charge < -0.3 is 20.3 Å². The van der Waals surface area contributed by atoms with Gasteiger partial charge in [-0.2, -0.15) is 4.98 Å². The van der Waals surface area contributed by atoms with E-state index in [9.17, 15) is 14.4 Å². The highest BCUT2D eigenvalue weighted by Crippen LogP contribution is 2.29. The molecule has 0 aliphatic carbocycles. The molecular formula is C24H30N6O4S. The molecule has 10 nitrogen and oxygen atoms in total. The van der Waals surface area contributed by atoms with Crippen LogP contribution in [-0.4, -0.2) is 52.6 Å². The zero-order chi connectivity index (χ0) is 24.9. The van der Waals surface area contributed by atoms with Crippen molar-refractivity contribution in [3.05, 3.63) is 46.5 Å². The zero-order valence-corrected chi connectivity index (χ0v) is 20.9. The molecule has 1 aliphatic heterocycles. The first-order valence-electron chi connectivity index (χ1n) is 11.6. The molecule has 11 heteroatoms. The van der Waals surface area contributed by atoms with Crippen molar-refractivity contribution >= 4 is 38.6 Å². The average molecular weight is 499 g/mol. The highest BCUT2D eigenvalue weighted by Gasteiger charge is 2.28. The summed E-state index contributed by atoms with van der Waals surface area (Å²) in [6.07, 6.45) is 3.06. The predicted molar refractivity (Wildman–Crippen MR) is 135 cm³/mol. The van der Waals surface area contributed by atoms with E-state index in [1.807, 2.05) is 43.0 Å². The Balaban J connectivity index is 1.43. The number of anilines is 1. The second-order valence-corrected chi connectivity index (χ2v) is 9.88. The number of hydrogen-bond acceptors (Lipinski definition) is 8. The van der Waals surface area contributed by atoms with Gasteiger partial charge in [-0.3, -0.25) is 19.0 Å². The largest absolute Gasteiger partial charge is 0.497 e. The van der Waals surface area contributed by atoms with Gasteiger partial charge in [0.25, 0.3) is 5.56 Å². The minimum atomic E-state index is -0.304. The van der Waals surface area contributed by atoms with Crippen LogP contribution < -0.4 is 25.8 Å². The molecule has 0 spiro atoms. The molecule has 3 heterocycles.